The first-order valence-corrected chi connectivity index (χ1v) is 7.55. The van der Waals surface area contributed by atoms with Crippen LogP contribution in [0.4, 0.5) is 0 Å². The third-order valence-corrected chi connectivity index (χ3v) is 4.24. The number of hydrogen-bond acceptors (Lipinski definition) is 2. The minimum atomic E-state index is 0.0921. The summed E-state index contributed by atoms with van der Waals surface area (Å²) in [5.41, 5.74) is 0.719. The van der Waals surface area contributed by atoms with Crippen LogP contribution >= 0.6 is 15.9 Å². The van der Waals surface area contributed by atoms with Crippen LogP contribution in [0.15, 0.2) is 29.1 Å². The number of nitrogens with zero attached hydrogens (tertiary/aromatic N) is 3. The van der Waals surface area contributed by atoms with Gasteiger partial charge in [0.05, 0.1) is 0 Å². The summed E-state index contributed by atoms with van der Waals surface area (Å²) in [5, 5.41) is 0. The number of hydrogen-bond donors (Lipinski definition) is 1. The SMILES string of the molecule is Cn1cc(Br)cc1C(=O)N1CCC[C@H](c2ncc[nH]2)C1. The van der Waals surface area contributed by atoms with Crippen molar-refractivity contribution < 1.29 is 4.79 Å². The lowest BCUT2D eigenvalue weighted by Gasteiger charge is -2.31. The van der Waals surface area contributed by atoms with Gasteiger partial charge in [0.2, 0.25) is 0 Å². The van der Waals surface area contributed by atoms with Crippen molar-refractivity contribution in [3.05, 3.63) is 40.6 Å². The quantitative estimate of drug-likeness (QED) is 0.916. The molecule has 106 valence electrons. The average molecular weight is 337 g/mol. The average Bonchev–Trinajstić information content (AvgIpc) is 3.08. The Bertz CT molecular complexity index is 605. The normalized spacial score (nSPS) is 19.3. The number of aromatic amines is 1. The van der Waals surface area contributed by atoms with Crippen molar-refractivity contribution >= 4 is 21.8 Å². The molecule has 1 fully saturated rings. The van der Waals surface area contributed by atoms with E-state index < -0.39 is 0 Å². The van der Waals surface area contributed by atoms with Crippen LogP contribution in [0, 0.1) is 0 Å². The van der Waals surface area contributed by atoms with Crippen LogP contribution in [0.25, 0.3) is 0 Å². The maximum Gasteiger partial charge on any atom is 0.270 e. The molecular weight excluding hydrogens is 320 g/mol. The van der Waals surface area contributed by atoms with Gasteiger partial charge in [-0.15, -0.1) is 0 Å². The van der Waals surface area contributed by atoms with E-state index in [1.54, 1.807) is 6.20 Å². The van der Waals surface area contributed by atoms with E-state index in [0.29, 0.717) is 5.92 Å². The zero-order chi connectivity index (χ0) is 14.1. The summed E-state index contributed by atoms with van der Waals surface area (Å²) in [6, 6.07) is 1.87. The largest absolute Gasteiger partial charge is 0.348 e. The second-order valence-corrected chi connectivity index (χ2v) is 6.13. The Morgan fingerprint density at radius 3 is 3.05 bits per heavy atom. The van der Waals surface area contributed by atoms with Gasteiger partial charge in [0.15, 0.2) is 0 Å². The number of nitrogens with one attached hydrogen (secondary N) is 1. The molecule has 1 aliphatic heterocycles. The molecule has 3 rings (SSSR count). The summed E-state index contributed by atoms with van der Waals surface area (Å²) >= 11 is 3.41. The highest BCUT2D eigenvalue weighted by atomic mass is 79.9. The lowest BCUT2D eigenvalue weighted by Crippen LogP contribution is -2.40. The van der Waals surface area contributed by atoms with E-state index in [1.165, 1.54) is 0 Å². The molecule has 0 aromatic carbocycles. The van der Waals surface area contributed by atoms with Crippen LogP contribution in [0.5, 0.6) is 0 Å². The molecule has 1 aliphatic rings. The summed E-state index contributed by atoms with van der Waals surface area (Å²) in [5.74, 6) is 1.39. The molecule has 0 aliphatic carbocycles. The highest BCUT2D eigenvalue weighted by molar-refractivity contribution is 9.10. The fraction of sp³-hybridized carbons (Fsp3) is 0.429. The number of H-pyrrole nitrogens is 1. The van der Waals surface area contributed by atoms with Crippen LogP contribution in [-0.4, -0.2) is 38.4 Å². The summed E-state index contributed by atoms with van der Waals surface area (Å²) < 4.78 is 2.80. The molecule has 20 heavy (non-hydrogen) atoms. The number of aromatic nitrogens is 3. The second kappa shape index (κ2) is 5.44. The van der Waals surface area contributed by atoms with E-state index in [2.05, 4.69) is 25.9 Å². The summed E-state index contributed by atoms with van der Waals surface area (Å²) in [4.78, 5) is 22.0. The number of rotatable bonds is 2. The van der Waals surface area contributed by atoms with Crippen molar-refractivity contribution in [2.24, 2.45) is 7.05 Å². The maximum atomic E-state index is 12.6. The topological polar surface area (TPSA) is 53.9 Å². The van der Waals surface area contributed by atoms with E-state index in [-0.39, 0.29) is 5.91 Å². The second-order valence-electron chi connectivity index (χ2n) is 5.22. The van der Waals surface area contributed by atoms with Crippen LogP contribution in [0.2, 0.25) is 0 Å². The van der Waals surface area contributed by atoms with E-state index >= 15 is 0 Å². The Morgan fingerprint density at radius 2 is 2.40 bits per heavy atom. The molecule has 1 saturated heterocycles. The first kappa shape index (κ1) is 13.4. The Kier molecular flexibility index (Phi) is 3.65. The molecule has 3 heterocycles. The van der Waals surface area contributed by atoms with Crippen molar-refractivity contribution in [2.75, 3.05) is 13.1 Å². The van der Waals surface area contributed by atoms with E-state index in [1.807, 2.05) is 35.0 Å². The number of carbonyl (C=O) groups excluding carboxylic acids is 1. The molecule has 0 radical (unpaired) electrons. The van der Waals surface area contributed by atoms with Crippen LogP contribution in [-0.2, 0) is 7.05 Å². The maximum absolute atomic E-state index is 12.6. The molecule has 0 unspecified atom stereocenters. The van der Waals surface area contributed by atoms with Gasteiger partial charge in [0.25, 0.3) is 5.91 Å². The fourth-order valence-corrected chi connectivity index (χ4v) is 3.31. The van der Waals surface area contributed by atoms with E-state index in [9.17, 15) is 4.79 Å². The Morgan fingerprint density at radius 1 is 1.55 bits per heavy atom. The number of carbonyl (C=O) groups is 1. The van der Waals surface area contributed by atoms with Crippen molar-refractivity contribution in [3.63, 3.8) is 0 Å². The Labute approximate surface area is 126 Å². The molecule has 1 N–H and O–H groups in total. The van der Waals surface area contributed by atoms with Gasteiger partial charge in [-0.2, -0.15) is 0 Å². The predicted octanol–water partition coefficient (Wildman–Crippen LogP) is 2.53. The van der Waals surface area contributed by atoms with Gasteiger partial charge in [-0.05, 0) is 34.8 Å². The minimum Gasteiger partial charge on any atom is -0.348 e. The molecule has 0 bridgehead atoms. The number of piperidine rings is 1. The van der Waals surface area contributed by atoms with E-state index in [4.69, 9.17) is 0 Å². The summed E-state index contributed by atoms with van der Waals surface area (Å²) in [7, 11) is 1.89. The lowest BCUT2D eigenvalue weighted by atomic mass is 9.97. The fourth-order valence-electron chi connectivity index (χ4n) is 2.78. The molecule has 0 spiro atoms. The predicted molar refractivity (Wildman–Crippen MR) is 79.6 cm³/mol. The first-order valence-electron chi connectivity index (χ1n) is 6.75. The van der Waals surface area contributed by atoms with Crippen LogP contribution < -0.4 is 0 Å². The highest BCUT2D eigenvalue weighted by Gasteiger charge is 2.27. The smallest absolute Gasteiger partial charge is 0.270 e. The minimum absolute atomic E-state index is 0.0921. The molecular formula is C14H17BrN4O. The monoisotopic (exact) mass is 336 g/mol. The summed E-state index contributed by atoms with van der Waals surface area (Å²) in [6.07, 6.45) is 7.60. The lowest BCUT2D eigenvalue weighted by molar-refractivity contribution is 0.0695. The van der Waals surface area contributed by atoms with Gasteiger partial charge < -0.3 is 14.5 Å². The zero-order valence-corrected chi connectivity index (χ0v) is 12.9. The summed E-state index contributed by atoms with van der Waals surface area (Å²) in [6.45, 7) is 1.55. The molecule has 2 aromatic heterocycles. The van der Waals surface area contributed by atoms with Crippen molar-refractivity contribution in [1.29, 1.82) is 0 Å². The number of halogens is 1. The van der Waals surface area contributed by atoms with Gasteiger partial charge in [-0.3, -0.25) is 4.79 Å². The molecule has 0 saturated carbocycles. The van der Waals surface area contributed by atoms with Gasteiger partial charge in [0.1, 0.15) is 11.5 Å². The third-order valence-electron chi connectivity index (χ3n) is 3.81. The van der Waals surface area contributed by atoms with Gasteiger partial charge >= 0.3 is 0 Å². The molecule has 1 amide bonds. The molecule has 6 heteroatoms. The number of aryl methyl sites for hydroxylation is 1. The van der Waals surface area contributed by atoms with Crippen molar-refractivity contribution in [1.82, 2.24) is 19.4 Å². The third kappa shape index (κ3) is 2.52. The Hall–Kier alpha value is -1.56. The van der Waals surface area contributed by atoms with Gasteiger partial charge in [-0.1, -0.05) is 0 Å². The standard InChI is InChI=1S/C14H17BrN4O/c1-18-9-11(15)7-12(18)14(20)19-6-2-3-10(8-19)13-16-4-5-17-13/h4-5,7,9-10H,2-3,6,8H2,1H3,(H,16,17)/t10-/m0/s1. The number of likely N-dealkylation sites (tertiary alicyclic amines) is 1. The van der Waals surface area contributed by atoms with Crippen molar-refractivity contribution in [3.8, 4) is 0 Å². The van der Waals surface area contributed by atoms with Crippen LogP contribution in [0.1, 0.15) is 35.1 Å². The first-order chi connectivity index (χ1) is 9.65. The van der Waals surface area contributed by atoms with Gasteiger partial charge in [-0.25, -0.2) is 4.98 Å². The molecule has 1 atom stereocenters. The Balaban J connectivity index is 1.77. The molecule has 2 aromatic rings. The van der Waals surface area contributed by atoms with Crippen molar-refractivity contribution in [2.45, 2.75) is 18.8 Å². The van der Waals surface area contributed by atoms with E-state index in [0.717, 1.165) is 41.9 Å². The van der Waals surface area contributed by atoms with Crippen LogP contribution in [0.3, 0.4) is 0 Å². The number of imidazole rings is 1. The molecule has 5 nitrogen and oxygen atoms in total. The number of amides is 1. The zero-order valence-electron chi connectivity index (χ0n) is 11.3. The van der Waals surface area contributed by atoms with Gasteiger partial charge in [0, 0.05) is 49.1 Å². The highest BCUT2D eigenvalue weighted by Crippen LogP contribution is 2.26.